The van der Waals surface area contributed by atoms with Crippen LogP contribution in [0, 0.1) is 6.07 Å². The van der Waals surface area contributed by atoms with E-state index in [2.05, 4.69) is 234 Å². The minimum Gasteiger partial charge on any atom is -0.184 e. The molecule has 9 rings (SSSR count). The van der Waals surface area contributed by atoms with Crippen LogP contribution in [0.15, 0.2) is 127 Å². The summed E-state index contributed by atoms with van der Waals surface area (Å²) in [5.41, 5.74) is 14.6. The average molecular weight is 1150 g/mol. The van der Waals surface area contributed by atoms with Gasteiger partial charge in [0.1, 0.15) is 0 Å². The van der Waals surface area contributed by atoms with Gasteiger partial charge in [-0.3, -0.25) is 0 Å². The summed E-state index contributed by atoms with van der Waals surface area (Å²) in [6, 6.07) is 52.5. The first-order chi connectivity index (χ1) is 33.9. The second kappa shape index (κ2) is 24.8. The van der Waals surface area contributed by atoms with Crippen LogP contribution in [0.5, 0.6) is 0 Å². The molecule has 0 nitrogen and oxygen atoms in total. The number of hydrogen-bond acceptors (Lipinski definition) is 0. The molecule has 0 aromatic heterocycles. The molecule has 1 aliphatic rings. The third-order valence-electron chi connectivity index (χ3n) is 14.2. The summed E-state index contributed by atoms with van der Waals surface area (Å²) in [5, 5.41) is 14.9. The van der Waals surface area contributed by atoms with Crippen LogP contribution in [-0.4, -0.2) is 41.8 Å². The predicted octanol–water partition coefficient (Wildman–Crippen LogP) is 16.2. The van der Waals surface area contributed by atoms with Gasteiger partial charge in [-0.1, -0.05) is 234 Å². The number of hydrogen-bond donors (Lipinski definition) is 0. The van der Waals surface area contributed by atoms with E-state index in [4.69, 9.17) is 17.0 Å². The van der Waals surface area contributed by atoms with Crippen molar-refractivity contribution in [1.82, 2.24) is 0 Å². The van der Waals surface area contributed by atoms with E-state index in [0.717, 1.165) is 35.2 Å². The van der Waals surface area contributed by atoms with Crippen LogP contribution in [0.3, 0.4) is 0 Å². The Labute approximate surface area is 462 Å². The van der Waals surface area contributed by atoms with E-state index in [1.165, 1.54) is 100 Å². The monoisotopic (exact) mass is 1150 g/mol. The van der Waals surface area contributed by atoms with Gasteiger partial charge in [0.2, 0.25) is 0 Å². The topological polar surface area (TPSA) is 0 Å². The average Bonchev–Trinajstić information content (AvgIpc) is 4.06. The summed E-state index contributed by atoms with van der Waals surface area (Å²) in [4.78, 5) is 0. The smallest absolute Gasteiger partial charge is 0.0920 e. The first-order valence-corrected chi connectivity index (χ1v) is 47.9. The Kier molecular flexibility index (Phi) is 20.1. The molecule has 1 heterocycles. The maximum atomic E-state index is 4.93. The molecular formula is C64H81Cl2Si5Zr-3. The number of halogens is 2. The van der Waals surface area contributed by atoms with Gasteiger partial charge < -0.3 is 0 Å². The zero-order chi connectivity index (χ0) is 52.8. The van der Waals surface area contributed by atoms with Crippen molar-refractivity contribution in [2.45, 2.75) is 145 Å². The molecule has 0 bridgehead atoms. The summed E-state index contributed by atoms with van der Waals surface area (Å²) in [5.74, 6) is 0. The zero-order valence-corrected chi connectivity index (χ0v) is 55.6. The van der Waals surface area contributed by atoms with Crippen molar-refractivity contribution in [3.63, 3.8) is 0 Å². The minimum atomic E-state index is -1.39. The molecule has 378 valence electrons. The summed E-state index contributed by atoms with van der Waals surface area (Å²) in [6.45, 7) is 38.8. The molecule has 0 N–H and O–H groups in total. The fourth-order valence-corrected chi connectivity index (χ4v) is 16.1. The standard InChI is InChI=1S/2C26H37Si2.C12H7Si.2ClH.Zr/c2*1-9-11-20-12-13-21-14-19(10-2)15-25(21)26(20)22-16-23(27(3,4)5)18-24(17-22)28(6,7)8;1-3-7-11-9(5-1)10-6-2-4-8-12(10)13-11;;;/h2*12-18H,9-11H2,1-8H3;1-7H;2*1H;/q3*-1;;;+2/p-2. The van der Waals surface area contributed by atoms with Crippen LogP contribution in [0.1, 0.15) is 62.8 Å². The quantitative estimate of drug-likeness (QED) is 0.0845. The Morgan fingerprint density at radius 1 is 0.486 bits per heavy atom. The Morgan fingerprint density at radius 3 is 1.25 bits per heavy atom. The van der Waals surface area contributed by atoms with Crippen molar-refractivity contribution in [2.75, 3.05) is 0 Å². The second-order valence-corrected chi connectivity index (χ2v) is 49.3. The van der Waals surface area contributed by atoms with Crippen LogP contribution in [-0.2, 0) is 46.5 Å². The van der Waals surface area contributed by atoms with E-state index in [9.17, 15) is 0 Å². The van der Waals surface area contributed by atoms with Crippen molar-refractivity contribution in [3.8, 4) is 33.4 Å². The van der Waals surface area contributed by atoms with Crippen LogP contribution < -0.4 is 31.1 Å². The number of aryl methyl sites for hydroxylation is 4. The van der Waals surface area contributed by atoms with Gasteiger partial charge in [0.15, 0.2) is 0 Å². The van der Waals surface area contributed by atoms with Crippen molar-refractivity contribution < 1.29 is 20.8 Å². The number of benzene rings is 6. The third-order valence-corrected chi connectivity index (χ3v) is 23.6. The van der Waals surface area contributed by atoms with Gasteiger partial charge in [-0.2, -0.15) is 41.6 Å². The van der Waals surface area contributed by atoms with Crippen molar-refractivity contribution in [3.05, 3.63) is 156 Å². The van der Waals surface area contributed by atoms with Crippen molar-refractivity contribution in [2.24, 2.45) is 0 Å². The molecule has 0 fully saturated rings. The molecular weight excluding hydrogens is 1070 g/mol. The second-order valence-electron chi connectivity index (χ2n) is 23.9. The minimum absolute atomic E-state index is 0.795. The molecule has 72 heavy (non-hydrogen) atoms. The predicted molar refractivity (Wildman–Crippen MR) is 336 cm³/mol. The molecule has 0 amide bonds. The first kappa shape index (κ1) is 58.4. The van der Waals surface area contributed by atoms with Gasteiger partial charge in [-0.15, -0.1) is 74.6 Å². The Balaban J connectivity index is 0.000000181. The molecule has 1 aliphatic heterocycles. The van der Waals surface area contributed by atoms with E-state index in [1.54, 1.807) is 20.7 Å². The molecule has 0 saturated heterocycles. The van der Waals surface area contributed by atoms with Gasteiger partial charge in [0, 0.05) is 0 Å². The zero-order valence-electron chi connectivity index (χ0n) is 46.6. The van der Waals surface area contributed by atoms with E-state index < -0.39 is 53.1 Å². The van der Waals surface area contributed by atoms with Gasteiger partial charge in [-0.05, 0) is 36.8 Å². The van der Waals surface area contributed by atoms with E-state index in [1.807, 2.05) is 6.07 Å². The van der Waals surface area contributed by atoms with E-state index in [-0.39, 0.29) is 0 Å². The Morgan fingerprint density at radius 2 is 0.875 bits per heavy atom. The molecule has 8 aromatic rings. The molecule has 0 spiro atoms. The maximum absolute atomic E-state index is 4.93. The third kappa shape index (κ3) is 14.3. The van der Waals surface area contributed by atoms with Crippen molar-refractivity contribution >= 4 is 112 Å². The van der Waals surface area contributed by atoms with Gasteiger partial charge >= 0.3 is 37.9 Å². The van der Waals surface area contributed by atoms with E-state index >= 15 is 0 Å². The Bertz CT molecular complexity index is 2820. The van der Waals surface area contributed by atoms with Crippen LogP contribution in [0.4, 0.5) is 0 Å². The fourth-order valence-electron chi connectivity index (χ4n) is 9.83. The molecule has 0 saturated carbocycles. The number of fused-ring (bicyclic) bond motifs is 5. The van der Waals surface area contributed by atoms with Crippen molar-refractivity contribution in [1.29, 1.82) is 0 Å². The van der Waals surface area contributed by atoms with E-state index in [0.29, 0.717) is 0 Å². The Hall–Kier alpha value is -2.91. The largest absolute Gasteiger partial charge is 0.184 e. The normalized spacial score (nSPS) is 12.3. The molecule has 8 heteroatoms. The SMILES string of the molecule is CCCc1ccc2[cH-]c(CC)cc2c1-c1cc([Si](C)(C)C)cc([Si](C)(C)C)c1.CCCc1ccc2[cH-]c(CC)cc2c1-c1cc([Si](C)(C)C)cc([Si](C)(C)C)c1.[Cl][Zr][Cl].[c-]1cccc2c1[Si]c1ccccc1-2. The first-order valence-electron chi connectivity index (χ1n) is 26.5. The summed E-state index contributed by atoms with van der Waals surface area (Å²) >= 11 is -0.826. The van der Waals surface area contributed by atoms with Crippen LogP contribution in [0.25, 0.3) is 54.9 Å². The summed E-state index contributed by atoms with van der Waals surface area (Å²) in [7, 11) is 5.10. The van der Waals surface area contributed by atoms with Gasteiger partial charge in [0.05, 0.1) is 41.8 Å². The molecule has 8 aromatic carbocycles. The summed E-state index contributed by atoms with van der Waals surface area (Å²) < 4.78 is 0. The van der Waals surface area contributed by atoms with Gasteiger partial charge in [0.25, 0.3) is 0 Å². The maximum Gasteiger partial charge on any atom is 0.0920 e. The van der Waals surface area contributed by atoms with Crippen LogP contribution >= 0.6 is 17.0 Å². The fraction of sp³-hybridized carbons (Fsp3) is 0.344. The van der Waals surface area contributed by atoms with Crippen LogP contribution in [0.2, 0.25) is 78.6 Å². The molecule has 0 aliphatic carbocycles. The molecule has 0 unspecified atom stereocenters. The van der Waals surface area contributed by atoms with Gasteiger partial charge in [-0.25, -0.2) is 0 Å². The summed E-state index contributed by atoms with van der Waals surface area (Å²) in [6.07, 6.45) is 6.89. The number of rotatable bonds is 12. The molecule has 2 radical (unpaired) electrons. The molecule has 0 atom stereocenters.